The standard InChI is InChI=1S/C17H21F3N2O2/c1-10(11-2-4-12(5-3-11)17(18,19)20)21-16(24)22-13-6-7-14(22)9-15(23)8-13/h2-5,10,13-15,23H,6-9H2,1H3,(H,21,24)/t10-,13+,14+/m1/s1. The van der Waals surface area contributed by atoms with Crippen LogP contribution in [0.5, 0.6) is 0 Å². The average molecular weight is 342 g/mol. The van der Waals surface area contributed by atoms with Gasteiger partial charge in [-0.25, -0.2) is 4.79 Å². The van der Waals surface area contributed by atoms with Gasteiger partial charge in [0.1, 0.15) is 0 Å². The highest BCUT2D eigenvalue weighted by Crippen LogP contribution is 2.36. The summed E-state index contributed by atoms with van der Waals surface area (Å²) in [6, 6.07) is 4.35. The highest BCUT2D eigenvalue weighted by Gasteiger charge is 2.43. The molecule has 1 aromatic carbocycles. The van der Waals surface area contributed by atoms with Gasteiger partial charge < -0.3 is 15.3 Å². The molecule has 2 amide bonds. The number of carbonyl (C=O) groups excluding carboxylic acids is 1. The van der Waals surface area contributed by atoms with E-state index in [0.29, 0.717) is 18.4 Å². The Morgan fingerprint density at radius 1 is 1.21 bits per heavy atom. The van der Waals surface area contributed by atoms with Crippen molar-refractivity contribution in [3.05, 3.63) is 35.4 Å². The fourth-order valence-electron chi connectivity index (χ4n) is 3.78. The van der Waals surface area contributed by atoms with Crippen molar-refractivity contribution in [3.8, 4) is 0 Å². The number of nitrogens with one attached hydrogen (secondary N) is 1. The van der Waals surface area contributed by atoms with Gasteiger partial charge in [-0.3, -0.25) is 0 Å². The lowest BCUT2D eigenvalue weighted by Crippen LogP contribution is -2.52. The highest BCUT2D eigenvalue weighted by atomic mass is 19.4. The summed E-state index contributed by atoms with van der Waals surface area (Å²) in [4.78, 5) is 14.3. The molecule has 2 bridgehead atoms. The largest absolute Gasteiger partial charge is 0.416 e. The van der Waals surface area contributed by atoms with Crippen molar-refractivity contribution in [1.82, 2.24) is 10.2 Å². The summed E-state index contributed by atoms with van der Waals surface area (Å²) in [6.45, 7) is 1.75. The van der Waals surface area contributed by atoms with Gasteiger partial charge in [0, 0.05) is 12.1 Å². The summed E-state index contributed by atoms with van der Waals surface area (Å²) in [5.41, 5.74) is -0.0754. The molecule has 0 aliphatic carbocycles. The number of aliphatic hydroxyl groups excluding tert-OH is 1. The minimum Gasteiger partial charge on any atom is -0.393 e. The molecule has 2 saturated heterocycles. The van der Waals surface area contributed by atoms with Gasteiger partial charge in [0.2, 0.25) is 0 Å². The summed E-state index contributed by atoms with van der Waals surface area (Å²) in [7, 11) is 0. The Balaban J connectivity index is 1.64. The number of benzene rings is 1. The Morgan fingerprint density at radius 2 is 1.75 bits per heavy atom. The average Bonchev–Trinajstić information content (AvgIpc) is 2.78. The van der Waals surface area contributed by atoms with E-state index in [1.807, 2.05) is 0 Å². The van der Waals surface area contributed by atoms with E-state index in [-0.39, 0.29) is 30.3 Å². The molecular weight excluding hydrogens is 321 g/mol. The first-order chi connectivity index (χ1) is 11.3. The maximum Gasteiger partial charge on any atom is 0.416 e. The van der Waals surface area contributed by atoms with Gasteiger partial charge in [0.15, 0.2) is 0 Å². The summed E-state index contributed by atoms with van der Waals surface area (Å²) < 4.78 is 37.8. The fourth-order valence-corrected chi connectivity index (χ4v) is 3.78. The van der Waals surface area contributed by atoms with Crippen LogP contribution in [0.15, 0.2) is 24.3 Å². The minimum absolute atomic E-state index is 0.0542. The number of fused-ring (bicyclic) bond motifs is 2. The Bertz CT molecular complexity index is 589. The SMILES string of the molecule is C[C@@H](NC(=O)N1[C@H]2CC[C@H]1CC(O)C2)c1ccc(C(F)(F)F)cc1. The number of alkyl halides is 3. The molecule has 0 unspecified atom stereocenters. The number of rotatable bonds is 2. The molecule has 24 heavy (non-hydrogen) atoms. The quantitative estimate of drug-likeness (QED) is 0.865. The summed E-state index contributed by atoms with van der Waals surface area (Å²) in [5, 5.41) is 12.7. The zero-order chi connectivity index (χ0) is 17.5. The Kier molecular flexibility index (Phi) is 4.46. The van der Waals surface area contributed by atoms with Crippen molar-refractivity contribution < 1.29 is 23.1 Å². The lowest BCUT2D eigenvalue weighted by Gasteiger charge is -2.37. The molecule has 0 aromatic heterocycles. The van der Waals surface area contributed by atoms with Crippen LogP contribution in [0.1, 0.15) is 49.8 Å². The van der Waals surface area contributed by atoms with E-state index in [1.165, 1.54) is 12.1 Å². The molecular formula is C17H21F3N2O2. The number of hydrogen-bond donors (Lipinski definition) is 2. The number of urea groups is 1. The fraction of sp³-hybridized carbons (Fsp3) is 0.588. The first-order valence-corrected chi connectivity index (χ1v) is 8.19. The van der Waals surface area contributed by atoms with Crippen molar-refractivity contribution in [2.45, 2.75) is 63.0 Å². The first-order valence-electron chi connectivity index (χ1n) is 8.19. The number of carbonyl (C=O) groups is 1. The Hall–Kier alpha value is -1.76. The molecule has 2 heterocycles. The lowest BCUT2D eigenvalue weighted by molar-refractivity contribution is -0.137. The van der Waals surface area contributed by atoms with Gasteiger partial charge >= 0.3 is 12.2 Å². The molecule has 2 fully saturated rings. The predicted molar refractivity (Wildman–Crippen MR) is 82.3 cm³/mol. The first kappa shape index (κ1) is 17.1. The summed E-state index contributed by atoms with van der Waals surface area (Å²) in [5.74, 6) is 0. The summed E-state index contributed by atoms with van der Waals surface area (Å²) >= 11 is 0. The van der Waals surface area contributed by atoms with E-state index < -0.39 is 11.7 Å². The molecule has 0 radical (unpaired) electrons. The second-order valence-corrected chi connectivity index (χ2v) is 6.71. The molecule has 2 N–H and O–H groups in total. The van der Waals surface area contributed by atoms with Crippen molar-refractivity contribution in [3.63, 3.8) is 0 Å². The van der Waals surface area contributed by atoms with Crippen LogP contribution in [-0.2, 0) is 6.18 Å². The van der Waals surface area contributed by atoms with Crippen LogP contribution < -0.4 is 5.32 Å². The van der Waals surface area contributed by atoms with E-state index in [1.54, 1.807) is 11.8 Å². The molecule has 0 spiro atoms. The number of aliphatic hydroxyl groups is 1. The van der Waals surface area contributed by atoms with E-state index >= 15 is 0 Å². The van der Waals surface area contributed by atoms with E-state index in [9.17, 15) is 23.1 Å². The van der Waals surface area contributed by atoms with Crippen molar-refractivity contribution in [2.75, 3.05) is 0 Å². The van der Waals surface area contributed by atoms with Gasteiger partial charge in [-0.2, -0.15) is 13.2 Å². The van der Waals surface area contributed by atoms with Gasteiger partial charge in [-0.15, -0.1) is 0 Å². The monoisotopic (exact) mass is 342 g/mol. The molecule has 0 saturated carbocycles. The molecule has 7 heteroatoms. The number of piperidine rings is 1. The van der Waals surface area contributed by atoms with Crippen molar-refractivity contribution in [1.29, 1.82) is 0 Å². The van der Waals surface area contributed by atoms with Crippen LogP contribution in [0.4, 0.5) is 18.0 Å². The number of nitrogens with zero attached hydrogens (tertiary/aromatic N) is 1. The highest BCUT2D eigenvalue weighted by molar-refractivity contribution is 5.76. The molecule has 2 aliphatic rings. The Labute approximate surface area is 138 Å². The third-order valence-corrected chi connectivity index (χ3v) is 5.02. The maximum absolute atomic E-state index is 12.6. The number of hydrogen-bond acceptors (Lipinski definition) is 2. The Morgan fingerprint density at radius 3 is 2.25 bits per heavy atom. The molecule has 4 nitrogen and oxygen atoms in total. The molecule has 3 rings (SSSR count). The van der Waals surface area contributed by atoms with Gasteiger partial charge in [0.05, 0.1) is 17.7 Å². The van der Waals surface area contributed by atoms with Crippen LogP contribution >= 0.6 is 0 Å². The summed E-state index contributed by atoms with van der Waals surface area (Å²) in [6.07, 6.45) is -1.73. The number of amides is 2. The molecule has 2 aliphatic heterocycles. The third-order valence-electron chi connectivity index (χ3n) is 5.02. The molecule has 132 valence electrons. The van der Waals surface area contributed by atoms with Crippen molar-refractivity contribution in [2.24, 2.45) is 0 Å². The maximum atomic E-state index is 12.6. The van der Waals surface area contributed by atoms with E-state index in [0.717, 1.165) is 25.0 Å². The predicted octanol–water partition coefficient (Wildman–Crippen LogP) is 3.46. The van der Waals surface area contributed by atoms with Gasteiger partial charge in [-0.05, 0) is 50.3 Å². The second-order valence-electron chi connectivity index (χ2n) is 6.71. The lowest BCUT2D eigenvalue weighted by atomic mass is 10.0. The van der Waals surface area contributed by atoms with Crippen molar-refractivity contribution >= 4 is 6.03 Å². The number of halogens is 3. The second kappa shape index (κ2) is 6.27. The van der Waals surface area contributed by atoms with Gasteiger partial charge in [-0.1, -0.05) is 12.1 Å². The van der Waals surface area contributed by atoms with Crippen LogP contribution in [0.3, 0.4) is 0 Å². The zero-order valence-electron chi connectivity index (χ0n) is 13.4. The van der Waals surface area contributed by atoms with E-state index in [2.05, 4.69) is 5.32 Å². The van der Waals surface area contributed by atoms with Crippen LogP contribution in [0, 0.1) is 0 Å². The topological polar surface area (TPSA) is 52.6 Å². The molecule has 3 atom stereocenters. The zero-order valence-corrected chi connectivity index (χ0v) is 13.4. The van der Waals surface area contributed by atoms with E-state index in [4.69, 9.17) is 0 Å². The van der Waals surface area contributed by atoms with Gasteiger partial charge in [0.25, 0.3) is 0 Å². The molecule has 1 aromatic rings. The van der Waals surface area contributed by atoms with Crippen LogP contribution in [0.2, 0.25) is 0 Å². The van der Waals surface area contributed by atoms with Crippen LogP contribution in [0.25, 0.3) is 0 Å². The smallest absolute Gasteiger partial charge is 0.393 e. The minimum atomic E-state index is -4.36. The third kappa shape index (κ3) is 3.36. The van der Waals surface area contributed by atoms with Crippen LogP contribution in [-0.4, -0.2) is 34.2 Å². The normalized spacial score (nSPS) is 27.9.